The highest BCUT2D eigenvalue weighted by Gasteiger charge is 2.41. The summed E-state index contributed by atoms with van der Waals surface area (Å²) in [6.07, 6.45) is 1.52. The number of piperidine rings is 1. The Balaban J connectivity index is 1.64. The molecule has 1 amide bonds. The monoisotopic (exact) mass is 411 g/mol. The third-order valence-electron chi connectivity index (χ3n) is 5.80. The van der Waals surface area contributed by atoms with E-state index >= 15 is 0 Å². The van der Waals surface area contributed by atoms with Crippen LogP contribution in [-0.2, 0) is 4.74 Å². The fourth-order valence-corrected chi connectivity index (χ4v) is 4.23. The Hall–Kier alpha value is -2.93. The lowest BCUT2D eigenvalue weighted by molar-refractivity contribution is 0.0778. The lowest BCUT2D eigenvalue weighted by atomic mass is 9.87. The molecular formula is C23H26FN3O3. The van der Waals surface area contributed by atoms with E-state index in [1.54, 1.807) is 36.1 Å². The maximum Gasteiger partial charge on any atom is 0.409 e. The zero-order valence-corrected chi connectivity index (χ0v) is 17.0. The maximum atomic E-state index is 13.4. The van der Waals surface area contributed by atoms with Gasteiger partial charge >= 0.3 is 6.09 Å². The van der Waals surface area contributed by atoms with Crippen molar-refractivity contribution in [2.75, 3.05) is 19.7 Å². The lowest BCUT2D eigenvalue weighted by Crippen LogP contribution is -2.56. The molecule has 0 saturated carbocycles. The summed E-state index contributed by atoms with van der Waals surface area (Å²) in [7, 11) is 0. The molecule has 2 aliphatic rings. The number of para-hydroxylation sites is 1. The Labute approximate surface area is 175 Å². The number of phenolic OH excluding ortho intramolecular Hbond substituents is 1. The third-order valence-corrected chi connectivity index (χ3v) is 5.80. The van der Waals surface area contributed by atoms with E-state index in [4.69, 9.17) is 9.73 Å². The highest BCUT2D eigenvalue weighted by atomic mass is 19.1. The summed E-state index contributed by atoms with van der Waals surface area (Å²) in [4.78, 5) is 18.8. The molecule has 30 heavy (non-hydrogen) atoms. The van der Waals surface area contributed by atoms with Crippen LogP contribution in [0.5, 0.6) is 5.75 Å². The van der Waals surface area contributed by atoms with E-state index in [-0.39, 0.29) is 23.7 Å². The van der Waals surface area contributed by atoms with Crippen LogP contribution in [0.2, 0.25) is 0 Å². The Morgan fingerprint density at radius 2 is 1.93 bits per heavy atom. The molecule has 0 unspecified atom stereocenters. The van der Waals surface area contributed by atoms with Crippen molar-refractivity contribution < 1.29 is 19.0 Å². The minimum absolute atomic E-state index is 0.141. The van der Waals surface area contributed by atoms with Crippen LogP contribution in [-0.4, -0.2) is 47.2 Å². The predicted octanol–water partition coefficient (Wildman–Crippen LogP) is 4.00. The first-order chi connectivity index (χ1) is 14.5. The van der Waals surface area contributed by atoms with Crippen molar-refractivity contribution in [3.8, 4) is 5.75 Å². The van der Waals surface area contributed by atoms with Gasteiger partial charge in [0.05, 0.1) is 6.61 Å². The van der Waals surface area contributed by atoms with Gasteiger partial charge in [0.1, 0.15) is 17.2 Å². The van der Waals surface area contributed by atoms with E-state index in [1.165, 1.54) is 12.1 Å². The largest absolute Gasteiger partial charge is 0.508 e. The van der Waals surface area contributed by atoms with Gasteiger partial charge in [-0.2, -0.15) is 0 Å². The van der Waals surface area contributed by atoms with Crippen molar-refractivity contribution in [3.63, 3.8) is 0 Å². The predicted molar refractivity (Wildman–Crippen MR) is 112 cm³/mol. The molecule has 0 aliphatic carbocycles. The fourth-order valence-electron chi connectivity index (χ4n) is 4.23. The number of likely N-dealkylation sites (tertiary alicyclic amines) is 1. The molecule has 6 nitrogen and oxygen atoms in total. The molecular weight excluding hydrogens is 385 g/mol. The average molecular weight is 411 g/mol. The summed E-state index contributed by atoms with van der Waals surface area (Å²) in [5, 5.41) is 14.0. The van der Waals surface area contributed by atoms with Gasteiger partial charge in [0.15, 0.2) is 0 Å². The quantitative estimate of drug-likeness (QED) is 0.801. The summed E-state index contributed by atoms with van der Waals surface area (Å²) in [5.41, 5.74) is 1.98. The van der Waals surface area contributed by atoms with Crippen molar-refractivity contribution in [3.05, 3.63) is 65.5 Å². The van der Waals surface area contributed by atoms with Gasteiger partial charge < -0.3 is 14.7 Å². The van der Waals surface area contributed by atoms with E-state index in [1.807, 2.05) is 12.1 Å². The molecule has 2 heterocycles. The van der Waals surface area contributed by atoms with Crippen molar-refractivity contribution in [1.82, 2.24) is 10.2 Å². The lowest BCUT2D eigenvalue weighted by Gasteiger charge is -2.45. The molecule has 1 fully saturated rings. The third kappa shape index (κ3) is 4.16. The number of nitrogens with one attached hydrogen (secondary N) is 1. The molecule has 4 rings (SSSR count). The number of benzene rings is 2. The second-order valence-electron chi connectivity index (χ2n) is 7.74. The normalized spacial score (nSPS) is 20.7. The van der Waals surface area contributed by atoms with Crippen molar-refractivity contribution >= 4 is 11.8 Å². The van der Waals surface area contributed by atoms with Crippen LogP contribution in [0, 0.1) is 5.82 Å². The van der Waals surface area contributed by atoms with E-state index in [2.05, 4.69) is 5.32 Å². The average Bonchev–Trinajstić information content (AvgIpc) is 2.75. The van der Waals surface area contributed by atoms with Crippen LogP contribution < -0.4 is 5.32 Å². The first kappa shape index (κ1) is 20.3. The number of nitrogens with zero attached hydrogens (tertiary/aromatic N) is 2. The number of carbonyl (C=O) groups excluding carboxylic acids is 1. The van der Waals surface area contributed by atoms with Crippen LogP contribution in [0.1, 0.15) is 43.4 Å². The Morgan fingerprint density at radius 1 is 1.23 bits per heavy atom. The van der Waals surface area contributed by atoms with E-state index in [9.17, 15) is 14.3 Å². The number of carbonyl (C=O) groups is 1. The standard InChI is InChI=1S/C23H26FN3O3/c1-2-30-22(29)27-13-11-23(12-14-27)25-19(16-7-9-17(24)10-8-16)15-20(26-23)18-5-3-4-6-21(18)28/h3-10,20,26,28H,2,11-15H2,1H3/t20-/m1/s1. The van der Waals surface area contributed by atoms with Gasteiger partial charge in [0.2, 0.25) is 0 Å². The molecule has 2 N–H and O–H groups in total. The van der Waals surface area contributed by atoms with Gasteiger partial charge in [-0.25, -0.2) is 9.18 Å². The summed E-state index contributed by atoms with van der Waals surface area (Å²) in [6.45, 7) is 3.20. The number of rotatable bonds is 3. The molecule has 2 aliphatic heterocycles. The van der Waals surface area contributed by atoms with Crippen LogP contribution in [0.3, 0.4) is 0 Å². The van der Waals surface area contributed by atoms with Crippen LogP contribution in [0.25, 0.3) is 0 Å². The number of phenols is 1. The molecule has 2 aromatic rings. The second-order valence-corrected chi connectivity index (χ2v) is 7.74. The molecule has 1 saturated heterocycles. The van der Waals surface area contributed by atoms with Crippen LogP contribution in [0.15, 0.2) is 53.5 Å². The van der Waals surface area contributed by atoms with Crippen LogP contribution >= 0.6 is 0 Å². The maximum absolute atomic E-state index is 13.4. The molecule has 7 heteroatoms. The highest BCUT2D eigenvalue weighted by molar-refractivity contribution is 6.01. The number of hydrogen-bond acceptors (Lipinski definition) is 5. The summed E-state index contributed by atoms with van der Waals surface area (Å²) in [5.74, 6) is -0.0579. The van der Waals surface area contributed by atoms with Crippen molar-refractivity contribution in [1.29, 1.82) is 0 Å². The number of hydrogen-bond donors (Lipinski definition) is 2. The Morgan fingerprint density at radius 3 is 2.60 bits per heavy atom. The van der Waals surface area contributed by atoms with Gasteiger partial charge in [-0.15, -0.1) is 0 Å². The van der Waals surface area contributed by atoms with Crippen LogP contribution in [0.4, 0.5) is 9.18 Å². The van der Waals surface area contributed by atoms with E-state index in [0.717, 1.165) is 16.8 Å². The fraction of sp³-hybridized carbons (Fsp3) is 0.391. The minimum Gasteiger partial charge on any atom is -0.508 e. The Bertz CT molecular complexity index is 937. The number of ether oxygens (including phenoxy) is 1. The number of aromatic hydroxyl groups is 1. The zero-order chi connectivity index (χ0) is 21.1. The summed E-state index contributed by atoms with van der Waals surface area (Å²) < 4.78 is 18.6. The number of aliphatic imine (C=N–C) groups is 1. The first-order valence-corrected chi connectivity index (χ1v) is 10.3. The minimum atomic E-state index is -0.558. The molecule has 0 bridgehead atoms. The van der Waals surface area contributed by atoms with E-state index in [0.29, 0.717) is 39.0 Å². The van der Waals surface area contributed by atoms with Gasteiger partial charge in [-0.05, 0) is 30.7 Å². The molecule has 0 aromatic heterocycles. The molecule has 1 spiro atoms. The van der Waals surface area contributed by atoms with Gasteiger partial charge in [0.25, 0.3) is 0 Å². The van der Waals surface area contributed by atoms with E-state index < -0.39 is 5.66 Å². The second kappa shape index (κ2) is 8.44. The number of halogens is 1. The van der Waals surface area contributed by atoms with Crippen molar-refractivity contribution in [2.45, 2.75) is 37.9 Å². The highest BCUT2D eigenvalue weighted by Crippen LogP contribution is 2.37. The van der Waals surface area contributed by atoms with Gasteiger partial charge in [0, 0.05) is 49.7 Å². The summed E-state index contributed by atoms with van der Waals surface area (Å²) in [6, 6.07) is 13.5. The smallest absolute Gasteiger partial charge is 0.409 e. The van der Waals surface area contributed by atoms with Crippen molar-refractivity contribution in [2.24, 2.45) is 4.99 Å². The zero-order valence-electron chi connectivity index (χ0n) is 17.0. The molecule has 0 radical (unpaired) electrons. The topological polar surface area (TPSA) is 74.2 Å². The van der Waals surface area contributed by atoms with Gasteiger partial charge in [-0.3, -0.25) is 10.3 Å². The number of amides is 1. The first-order valence-electron chi connectivity index (χ1n) is 10.3. The Kier molecular flexibility index (Phi) is 5.72. The molecule has 1 atom stereocenters. The molecule has 2 aromatic carbocycles. The summed E-state index contributed by atoms with van der Waals surface area (Å²) >= 11 is 0. The molecule has 158 valence electrons. The van der Waals surface area contributed by atoms with Gasteiger partial charge in [-0.1, -0.05) is 30.3 Å². The SMILES string of the molecule is CCOC(=O)N1CCC2(CC1)N=C(c1ccc(F)cc1)C[C@H](c1ccccc1O)N2.